The van der Waals surface area contributed by atoms with Crippen molar-refractivity contribution in [1.29, 1.82) is 0 Å². The molecule has 20 heavy (non-hydrogen) atoms. The first-order valence-electron chi connectivity index (χ1n) is 6.22. The topological polar surface area (TPSA) is 67.5 Å². The Morgan fingerprint density at radius 2 is 2.20 bits per heavy atom. The number of thioether (sulfide) groups is 1. The van der Waals surface area contributed by atoms with Gasteiger partial charge < -0.3 is 9.67 Å². The van der Waals surface area contributed by atoms with Gasteiger partial charge in [0.2, 0.25) is 0 Å². The maximum absolute atomic E-state index is 10.8. The number of aliphatic imine (C=N–C) groups is 1. The van der Waals surface area contributed by atoms with Crippen LogP contribution in [0.1, 0.15) is 5.56 Å². The quantitative estimate of drug-likeness (QED) is 0.934. The maximum atomic E-state index is 10.8. The number of carboxylic acids is 1. The van der Waals surface area contributed by atoms with Crippen LogP contribution in [0.2, 0.25) is 0 Å². The standard InChI is InChI=1S/C14H13N3O2S/c18-14(19)12-8-20-13(16-12)7-10-1-3-11(4-2-10)17-6-5-15-9-17/h1-6,9,12H,7-8H2,(H,18,19)/t12-/m0/s1. The molecular formula is C14H13N3O2S. The Labute approximate surface area is 120 Å². The van der Waals surface area contributed by atoms with E-state index in [0.717, 1.165) is 16.3 Å². The molecule has 1 aromatic heterocycles. The van der Waals surface area contributed by atoms with Gasteiger partial charge in [0.25, 0.3) is 0 Å². The molecule has 6 heteroatoms. The van der Waals surface area contributed by atoms with E-state index in [-0.39, 0.29) is 0 Å². The molecule has 0 unspecified atom stereocenters. The lowest BCUT2D eigenvalue weighted by Crippen LogP contribution is -2.17. The monoisotopic (exact) mass is 287 g/mol. The lowest BCUT2D eigenvalue weighted by atomic mass is 10.1. The highest BCUT2D eigenvalue weighted by Crippen LogP contribution is 2.21. The van der Waals surface area contributed by atoms with Crippen molar-refractivity contribution in [2.75, 3.05) is 5.75 Å². The Bertz CT molecular complexity index is 635. The Morgan fingerprint density at radius 3 is 2.80 bits per heavy atom. The van der Waals surface area contributed by atoms with Gasteiger partial charge in [0, 0.05) is 30.3 Å². The number of hydrogen-bond donors (Lipinski definition) is 1. The largest absolute Gasteiger partial charge is 0.480 e. The SMILES string of the molecule is O=C(O)[C@@H]1CSC(Cc2ccc(-n3ccnc3)cc2)=N1. The summed E-state index contributed by atoms with van der Waals surface area (Å²) >= 11 is 1.53. The molecule has 1 atom stereocenters. The molecule has 0 saturated carbocycles. The fourth-order valence-corrected chi connectivity index (χ4v) is 3.06. The van der Waals surface area contributed by atoms with Crippen molar-refractivity contribution < 1.29 is 9.90 Å². The van der Waals surface area contributed by atoms with Crippen LogP contribution in [0.4, 0.5) is 0 Å². The summed E-state index contributed by atoms with van der Waals surface area (Å²) in [4.78, 5) is 19.1. The average molecular weight is 287 g/mol. The maximum Gasteiger partial charge on any atom is 0.329 e. The van der Waals surface area contributed by atoms with Crippen LogP contribution in [0.3, 0.4) is 0 Å². The first kappa shape index (κ1) is 12.9. The molecule has 1 aliphatic rings. The van der Waals surface area contributed by atoms with Gasteiger partial charge in [-0.3, -0.25) is 4.99 Å². The van der Waals surface area contributed by atoms with E-state index in [0.29, 0.717) is 12.2 Å². The van der Waals surface area contributed by atoms with Gasteiger partial charge in [-0.25, -0.2) is 9.78 Å². The Hall–Kier alpha value is -2.08. The first-order valence-corrected chi connectivity index (χ1v) is 7.20. The van der Waals surface area contributed by atoms with Gasteiger partial charge in [0.1, 0.15) is 0 Å². The van der Waals surface area contributed by atoms with Crippen LogP contribution in [0.25, 0.3) is 5.69 Å². The third-order valence-electron chi connectivity index (χ3n) is 3.09. The van der Waals surface area contributed by atoms with Crippen LogP contribution in [-0.2, 0) is 11.2 Å². The predicted octanol–water partition coefficient (Wildman–Crippen LogP) is 2.01. The molecule has 0 amide bonds. The Morgan fingerprint density at radius 1 is 1.40 bits per heavy atom. The van der Waals surface area contributed by atoms with Crippen molar-refractivity contribution in [3.63, 3.8) is 0 Å². The molecule has 1 aromatic carbocycles. The van der Waals surface area contributed by atoms with Gasteiger partial charge in [-0.2, -0.15) is 0 Å². The number of rotatable bonds is 4. The molecule has 1 aliphatic heterocycles. The molecule has 2 aromatic rings. The van der Waals surface area contributed by atoms with Gasteiger partial charge in [-0.05, 0) is 17.7 Å². The van der Waals surface area contributed by atoms with Crippen molar-refractivity contribution >= 4 is 22.8 Å². The zero-order valence-corrected chi connectivity index (χ0v) is 11.5. The smallest absolute Gasteiger partial charge is 0.329 e. The fraction of sp³-hybridized carbons (Fsp3) is 0.214. The fourth-order valence-electron chi connectivity index (χ4n) is 2.02. The van der Waals surface area contributed by atoms with Crippen LogP contribution in [0, 0.1) is 0 Å². The minimum Gasteiger partial charge on any atom is -0.480 e. The number of nitrogens with zero attached hydrogens (tertiary/aromatic N) is 3. The second kappa shape index (κ2) is 5.50. The van der Waals surface area contributed by atoms with E-state index in [2.05, 4.69) is 9.98 Å². The minimum absolute atomic E-state index is 0.539. The van der Waals surface area contributed by atoms with E-state index in [1.165, 1.54) is 11.8 Å². The molecule has 0 saturated heterocycles. The van der Waals surface area contributed by atoms with Crippen molar-refractivity contribution in [1.82, 2.24) is 9.55 Å². The Kier molecular flexibility index (Phi) is 3.56. The van der Waals surface area contributed by atoms with Crippen molar-refractivity contribution in [3.05, 3.63) is 48.5 Å². The third-order valence-corrected chi connectivity index (χ3v) is 4.15. The van der Waals surface area contributed by atoms with Crippen LogP contribution in [-0.4, -0.2) is 37.5 Å². The van der Waals surface area contributed by atoms with Crippen molar-refractivity contribution in [3.8, 4) is 5.69 Å². The Balaban J connectivity index is 1.70. The summed E-state index contributed by atoms with van der Waals surface area (Å²) in [6.45, 7) is 0. The average Bonchev–Trinajstić information content (AvgIpc) is 3.10. The minimum atomic E-state index is -0.844. The number of hydrogen-bond acceptors (Lipinski definition) is 4. The summed E-state index contributed by atoms with van der Waals surface area (Å²) in [6, 6.07) is 7.52. The van der Waals surface area contributed by atoms with Crippen LogP contribution in [0.15, 0.2) is 48.0 Å². The van der Waals surface area contributed by atoms with Gasteiger partial charge in [0.05, 0.1) is 11.4 Å². The zero-order valence-electron chi connectivity index (χ0n) is 10.6. The molecule has 2 heterocycles. The molecule has 0 fully saturated rings. The van der Waals surface area contributed by atoms with Gasteiger partial charge in [-0.1, -0.05) is 12.1 Å². The lowest BCUT2D eigenvalue weighted by Gasteiger charge is -2.04. The number of carboxylic acid groups (broad SMARTS) is 1. The number of benzene rings is 1. The summed E-state index contributed by atoms with van der Waals surface area (Å²) in [5, 5.41) is 9.81. The zero-order chi connectivity index (χ0) is 13.9. The van der Waals surface area contributed by atoms with E-state index in [1.807, 2.05) is 35.0 Å². The summed E-state index contributed by atoms with van der Waals surface area (Å²) in [7, 11) is 0. The highest BCUT2D eigenvalue weighted by atomic mass is 32.2. The van der Waals surface area contributed by atoms with Crippen LogP contribution < -0.4 is 0 Å². The van der Waals surface area contributed by atoms with E-state index in [9.17, 15) is 4.79 Å². The van der Waals surface area contributed by atoms with Crippen LogP contribution >= 0.6 is 11.8 Å². The molecule has 102 valence electrons. The number of imidazole rings is 1. The number of carbonyl (C=O) groups is 1. The van der Waals surface area contributed by atoms with Crippen molar-refractivity contribution in [2.24, 2.45) is 4.99 Å². The number of aromatic nitrogens is 2. The molecule has 5 nitrogen and oxygen atoms in total. The first-order chi connectivity index (χ1) is 9.72. The van der Waals surface area contributed by atoms with E-state index in [4.69, 9.17) is 5.11 Å². The normalized spacial score (nSPS) is 18.0. The molecule has 0 aliphatic carbocycles. The van der Waals surface area contributed by atoms with Crippen LogP contribution in [0.5, 0.6) is 0 Å². The number of aliphatic carboxylic acids is 1. The summed E-state index contributed by atoms with van der Waals surface area (Å²) in [6.07, 6.45) is 6.08. The van der Waals surface area contributed by atoms with Gasteiger partial charge in [-0.15, -0.1) is 11.8 Å². The summed E-state index contributed by atoms with van der Waals surface area (Å²) in [5.74, 6) is -0.305. The molecule has 0 spiro atoms. The molecule has 0 bridgehead atoms. The van der Waals surface area contributed by atoms with E-state index >= 15 is 0 Å². The highest BCUT2D eigenvalue weighted by Gasteiger charge is 2.24. The second-order valence-electron chi connectivity index (χ2n) is 4.50. The third kappa shape index (κ3) is 2.75. The highest BCUT2D eigenvalue weighted by molar-refractivity contribution is 8.14. The van der Waals surface area contributed by atoms with E-state index < -0.39 is 12.0 Å². The summed E-state index contributed by atoms with van der Waals surface area (Å²) in [5.41, 5.74) is 2.18. The van der Waals surface area contributed by atoms with Gasteiger partial charge in [0.15, 0.2) is 6.04 Å². The molecule has 0 radical (unpaired) electrons. The van der Waals surface area contributed by atoms with Gasteiger partial charge >= 0.3 is 5.97 Å². The molecular weight excluding hydrogens is 274 g/mol. The lowest BCUT2D eigenvalue weighted by molar-refractivity contribution is -0.137. The molecule has 1 N–H and O–H groups in total. The summed E-state index contributed by atoms with van der Waals surface area (Å²) < 4.78 is 1.94. The molecule has 3 rings (SSSR count). The second-order valence-corrected chi connectivity index (χ2v) is 5.59. The van der Waals surface area contributed by atoms with E-state index in [1.54, 1.807) is 12.5 Å². The predicted molar refractivity (Wildman–Crippen MR) is 78.6 cm³/mol. The van der Waals surface area contributed by atoms with Crippen molar-refractivity contribution in [2.45, 2.75) is 12.5 Å².